The van der Waals surface area contributed by atoms with Gasteiger partial charge in [0.15, 0.2) is 5.78 Å². The van der Waals surface area contributed by atoms with Gasteiger partial charge in [-0.2, -0.15) is 0 Å². The second-order valence-electron chi connectivity index (χ2n) is 21.8. The summed E-state index contributed by atoms with van der Waals surface area (Å²) in [5.41, 5.74) is 2.06. The highest BCUT2D eigenvalue weighted by molar-refractivity contribution is 6.01. The molecule has 0 spiro atoms. The molecule has 1 N–H and O–H groups in total. The van der Waals surface area contributed by atoms with Crippen molar-refractivity contribution < 1.29 is 33.8 Å². The molecule has 7 unspecified atom stereocenters. The zero-order valence-corrected chi connectivity index (χ0v) is 39.1. The number of carbonyl (C=O) groups is 4. The Kier molecular flexibility index (Phi) is 12.4. The van der Waals surface area contributed by atoms with Gasteiger partial charge in [-0.05, 0) is 161 Å². The molecule has 4 saturated carbocycles. The van der Waals surface area contributed by atoms with Gasteiger partial charge in [0.05, 0.1) is 31.2 Å². The minimum atomic E-state index is -1.18. The van der Waals surface area contributed by atoms with E-state index in [2.05, 4.69) is 84.5 Å². The van der Waals surface area contributed by atoms with Crippen LogP contribution in [0.2, 0.25) is 0 Å². The maximum Gasteiger partial charge on any atom is 0.309 e. The van der Waals surface area contributed by atoms with Crippen LogP contribution in [0.5, 0.6) is 5.75 Å². The number of methoxy groups -OCH3 is 1. The number of aliphatic carboxylic acids is 1. The highest BCUT2D eigenvalue weighted by Gasteiger charge is 2.71. The molecule has 10 heteroatoms. The quantitative estimate of drug-likeness (QED) is 0.0842. The lowest BCUT2D eigenvalue weighted by Gasteiger charge is -2.72. The number of allylic oxidation sites excluding steroid dienone is 3. The van der Waals surface area contributed by atoms with Crippen molar-refractivity contribution >= 4 is 29.7 Å². The molecule has 1 aromatic rings. The van der Waals surface area contributed by atoms with Gasteiger partial charge in [-0.3, -0.25) is 29.2 Å². The number of esters is 1. The van der Waals surface area contributed by atoms with Crippen molar-refractivity contribution in [1.82, 2.24) is 9.91 Å². The van der Waals surface area contributed by atoms with Crippen LogP contribution in [0.15, 0.2) is 47.2 Å². The van der Waals surface area contributed by atoms with E-state index in [1.807, 2.05) is 24.3 Å². The highest BCUT2D eigenvalue weighted by atomic mass is 16.5. The number of ether oxygens (including phenoxy) is 2. The molecular formula is C50H75N3O7. The van der Waals surface area contributed by atoms with Crippen molar-refractivity contribution in [2.24, 2.45) is 56.2 Å². The number of benzene rings is 1. The number of ketones is 1. The summed E-state index contributed by atoms with van der Waals surface area (Å²) in [6.07, 6.45) is 10.3. The van der Waals surface area contributed by atoms with Gasteiger partial charge >= 0.3 is 11.9 Å². The number of fused-ring (bicyclic) bond motifs is 7. The number of likely N-dealkylation sites (N-methyl/N-ethyl adjacent to an activating group) is 1. The van der Waals surface area contributed by atoms with Crippen LogP contribution in [-0.4, -0.2) is 86.5 Å². The molecule has 4 fully saturated rings. The average molecular weight is 830 g/mol. The van der Waals surface area contributed by atoms with E-state index in [4.69, 9.17) is 9.47 Å². The number of hydrogen-bond donors (Lipinski definition) is 1. The fourth-order valence-electron chi connectivity index (χ4n) is 14.0. The van der Waals surface area contributed by atoms with Gasteiger partial charge in [-0.25, -0.2) is 0 Å². The molecule has 8 atom stereocenters. The molecular weight excluding hydrogens is 755 g/mol. The first-order valence-corrected chi connectivity index (χ1v) is 22.6. The van der Waals surface area contributed by atoms with Crippen LogP contribution in [0.4, 0.5) is 5.69 Å². The highest BCUT2D eigenvalue weighted by Crippen LogP contribution is 2.77. The first-order chi connectivity index (χ1) is 27.9. The number of aldehydes is 1. The van der Waals surface area contributed by atoms with Crippen LogP contribution >= 0.6 is 0 Å². The smallest absolute Gasteiger partial charge is 0.309 e. The number of anilines is 1. The van der Waals surface area contributed by atoms with Crippen molar-refractivity contribution in [2.75, 3.05) is 46.4 Å². The number of hydrazine groups is 1. The van der Waals surface area contributed by atoms with Gasteiger partial charge < -0.3 is 19.5 Å². The molecule has 0 aliphatic heterocycles. The maximum atomic E-state index is 14.7. The number of hydrogen-bond acceptors (Lipinski definition) is 9. The Morgan fingerprint density at radius 2 is 1.57 bits per heavy atom. The van der Waals surface area contributed by atoms with Gasteiger partial charge in [0.25, 0.3) is 0 Å². The molecule has 60 heavy (non-hydrogen) atoms. The van der Waals surface area contributed by atoms with E-state index in [1.54, 1.807) is 27.0 Å². The molecule has 1 aromatic carbocycles. The third kappa shape index (κ3) is 7.32. The fourth-order valence-corrected chi connectivity index (χ4v) is 14.0. The minimum Gasteiger partial charge on any atom is -0.497 e. The molecule has 0 radical (unpaired) electrons. The number of carboxylic acids is 1. The average Bonchev–Trinajstić information content (AvgIpc) is 3.48. The standard InChI is InChI=1S/C50H75N3O7/c1-32(2)42-36(55)30-50(39(22-29-54)53(28-27-51(10)11)52(12)33-14-16-34(59-13)17-15-33)26-25-48(8)35(43(42)50)18-19-38-47(7)23-21-40(60-41(56)31-45(3,4)44(57)58)46(5,6)37(47)20-24-49(38,48)9/h14-17,22,29,32,35,37-38,40H,18-21,23-28,30-31H2,1-13H3,(H,57,58)/b39-22-/t35?,37?,38?,40?,47?,48-,49?,50?/m1/s1. The van der Waals surface area contributed by atoms with Crippen LogP contribution in [0.3, 0.4) is 0 Å². The molecule has 0 aromatic heterocycles. The van der Waals surface area contributed by atoms with Crippen molar-refractivity contribution in [2.45, 2.75) is 133 Å². The van der Waals surface area contributed by atoms with E-state index in [0.29, 0.717) is 24.8 Å². The first-order valence-electron chi connectivity index (χ1n) is 22.6. The van der Waals surface area contributed by atoms with E-state index < -0.39 is 22.8 Å². The summed E-state index contributed by atoms with van der Waals surface area (Å²) in [6, 6.07) is 8.01. The zero-order valence-electron chi connectivity index (χ0n) is 39.1. The van der Waals surface area contributed by atoms with Crippen LogP contribution < -0.4 is 9.75 Å². The Labute approximate surface area is 360 Å². The van der Waals surface area contributed by atoms with Gasteiger partial charge in [0.2, 0.25) is 0 Å². The van der Waals surface area contributed by atoms with Gasteiger partial charge in [0.1, 0.15) is 18.1 Å². The van der Waals surface area contributed by atoms with Gasteiger partial charge in [-0.1, -0.05) is 48.5 Å². The number of carboxylic acid groups (broad SMARTS) is 1. The van der Waals surface area contributed by atoms with E-state index >= 15 is 0 Å². The summed E-state index contributed by atoms with van der Waals surface area (Å²) in [7, 11) is 7.86. The fraction of sp³-hybridized carbons (Fsp3) is 0.720. The second kappa shape index (κ2) is 16.2. The summed E-state index contributed by atoms with van der Waals surface area (Å²) in [4.78, 5) is 54.8. The molecule has 0 bridgehead atoms. The van der Waals surface area contributed by atoms with Crippen LogP contribution in [0, 0.1) is 56.2 Å². The molecule has 332 valence electrons. The van der Waals surface area contributed by atoms with Crippen molar-refractivity contribution in [3.8, 4) is 5.75 Å². The Balaban J connectivity index is 1.38. The third-order valence-electron chi connectivity index (χ3n) is 17.4. The summed E-state index contributed by atoms with van der Waals surface area (Å²) in [5, 5.41) is 14.1. The largest absolute Gasteiger partial charge is 0.497 e. The molecule has 6 rings (SSSR count). The SMILES string of the molecule is COc1ccc(N(C)N(CCN(C)C)/C(=C\C=O)C23CC[C@]4(C)C(CCC5C6(C)CCC(OC(=O)CC(C)(C)C(=O)O)C(C)(C)C6CCC54C)C2=C(C(C)C)C(=O)C3)cc1. The number of rotatable bonds is 14. The van der Waals surface area contributed by atoms with E-state index in [9.17, 15) is 24.3 Å². The number of carbonyl (C=O) groups excluding carboxylic acids is 3. The Morgan fingerprint density at radius 3 is 2.15 bits per heavy atom. The van der Waals surface area contributed by atoms with Crippen molar-refractivity contribution in [1.29, 1.82) is 0 Å². The zero-order chi connectivity index (χ0) is 44.4. The van der Waals surface area contributed by atoms with Gasteiger partial charge in [-0.15, -0.1) is 0 Å². The summed E-state index contributed by atoms with van der Waals surface area (Å²) in [6.45, 7) is 21.1. The predicted octanol–water partition coefficient (Wildman–Crippen LogP) is 9.39. The van der Waals surface area contributed by atoms with Crippen LogP contribution in [0.1, 0.15) is 127 Å². The van der Waals surface area contributed by atoms with Crippen LogP contribution in [-0.2, 0) is 23.9 Å². The number of nitrogens with zero attached hydrogens (tertiary/aromatic N) is 3. The summed E-state index contributed by atoms with van der Waals surface area (Å²) in [5.74, 6) is 0.609. The molecule has 10 nitrogen and oxygen atoms in total. The number of Topliss-reactive ketones (excluding diaryl/α,β-unsaturated/α-hetero) is 1. The molecule has 5 aliphatic carbocycles. The van der Waals surface area contributed by atoms with E-state index in [1.165, 1.54) is 5.57 Å². The maximum absolute atomic E-state index is 14.7. The lowest BCUT2D eigenvalue weighted by atomic mass is 9.33. The Morgan fingerprint density at radius 1 is 0.900 bits per heavy atom. The van der Waals surface area contributed by atoms with Crippen molar-refractivity contribution in [3.05, 3.63) is 47.2 Å². The van der Waals surface area contributed by atoms with Crippen LogP contribution in [0.25, 0.3) is 0 Å². The molecule has 0 heterocycles. The normalized spacial score (nSPS) is 33.7. The molecule has 0 amide bonds. The lowest BCUT2D eigenvalue weighted by molar-refractivity contribution is -0.233. The van der Waals surface area contributed by atoms with E-state index in [-0.39, 0.29) is 51.8 Å². The summed E-state index contributed by atoms with van der Waals surface area (Å²) < 4.78 is 11.7. The lowest BCUT2D eigenvalue weighted by Crippen LogP contribution is -2.66. The predicted molar refractivity (Wildman–Crippen MR) is 236 cm³/mol. The topological polar surface area (TPSA) is 117 Å². The second-order valence-corrected chi connectivity index (χ2v) is 21.8. The first kappa shape index (κ1) is 45.9. The third-order valence-corrected chi connectivity index (χ3v) is 17.4. The Bertz CT molecular complexity index is 1900. The Hall–Kier alpha value is -3.66. The van der Waals surface area contributed by atoms with Gasteiger partial charge in [0, 0.05) is 36.5 Å². The summed E-state index contributed by atoms with van der Waals surface area (Å²) >= 11 is 0. The minimum absolute atomic E-state index is 0.00179. The molecule has 0 saturated heterocycles. The monoisotopic (exact) mass is 830 g/mol. The molecule has 5 aliphatic rings. The van der Waals surface area contributed by atoms with Crippen molar-refractivity contribution in [3.63, 3.8) is 0 Å². The van der Waals surface area contributed by atoms with E-state index in [0.717, 1.165) is 86.9 Å².